The number of aliphatic carboxylic acids is 1. The van der Waals surface area contributed by atoms with E-state index in [0.717, 1.165) is 22.7 Å². The molecule has 8 heteroatoms. The molecule has 2 N–H and O–H groups in total. The van der Waals surface area contributed by atoms with Gasteiger partial charge in [-0.3, -0.25) is 4.79 Å². The average molecular weight is 391 g/mol. The van der Waals surface area contributed by atoms with Gasteiger partial charge in [0.2, 0.25) is 0 Å². The fourth-order valence-electron chi connectivity index (χ4n) is 3.56. The normalized spacial score (nSPS) is 18.6. The quantitative estimate of drug-likeness (QED) is 0.815. The second-order valence-corrected chi connectivity index (χ2v) is 8.30. The lowest BCUT2D eigenvalue weighted by atomic mass is 10.0. The molecule has 28 heavy (non-hydrogen) atoms. The van der Waals surface area contributed by atoms with E-state index in [9.17, 15) is 9.59 Å². The Morgan fingerprint density at radius 2 is 2.07 bits per heavy atom. The van der Waals surface area contributed by atoms with Crippen LogP contribution in [0.1, 0.15) is 32.8 Å². The monoisotopic (exact) mass is 391 g/mol. The first kappa shape index (κ1) is 20.1. The van der Waals surface area contributed by atoms with Crippen LogP contribution in [-0.2, 0) is 9.53 Å². The molecule has 1 aromatic rings. The number of nitrogens with zero attached hydrogens (tertiary/aromatic N) is 2. The van der Waals surface area contributed by atoms with Gasteiger partial charge in [0.25, 0.3) is 0 Å². The third-order valence-corrected chi connectivity index (χ3v) is 4.79. The number of carbonyl (C=O) groups is 2. The third-order valence-electron chi connectivity index (χ3n) is 4.79. The first-order valence-electron chi connectivity index (χ1n) is 9.62. The summed E-state index contributed by atoms with van der Waals surface area (Å²) in [6.07, 6.45) is -0.234. The Morgan fingerprint density at radius 3 is 2.75 bits per heavy atom. The summed E-state index contributed by atoms with van der Waals surface area (Å²) in [5.74, 6) is 0.0228. The lowest BCUT2D eigenvalue weighted by molar-refractivity contribution is -0.136. The summed E-state index contributed by atoms with van der Waals surface area (Å²) < 4.78 is 11.5. The Hall–Kier alpha value is -2.64. The van der Waals surface area contributed by atoms with Gasteiger partial charge in [0.15, 0.2) is 0 Å². The van der Waals surface area contributed by atoms with E-state index in [-0.39, 0.29) is 18.6 Å². The van der Waals surface area contributed by atoms with Crippen molar-refractivity contribution < 1.29 is 24.2 Å². The number of carboxylic acid groups (broad SMARTS) is 1. The van der Waals surface area contributed by atoms with Crippen LogP contribution in [0.3, 0.4) is 0 Å². The van der Waals surface area contributed by atoms with Crippen LogP contribution in [0.15, 0.2) is 12.1 Å². The number of rotatable bonds is 4. The molecule has 0 unspecified atom stereocenters. The molecule has 8 nitrogen and oxygen atoms in total. The Bertz CT molecular complexity index is 759. The van der Waals surface area contributed by atoms with Crippen molar-refractivity contribution in [3.05, 3.63) is 17.7 Å². The van der Waals surface area contributed by atoms with E-state index < -0.39 is 11.6 Å². The van der Waals surface area contributed by atoms with Crippen LogP contribution in [0.5, 0.6) is 5.75 Å². The number of nitrogens with one attached hydrogen (secondary N) is 1. The number of carbonyl (C=O) groups excluding carboxylic acids is 1. The van der Waals surface area contributed by atoms with Crippen molar-refractivity contribution in [3.63, 3.8) is 0 Å². The van der Waals surface area contributed by atoms with Gasteiger partial charge in [-0.05, 0) is 45.4 Å². The Kier molecular flexibility index (Phi) is 5.58. The molecule has 1 fully saturated rings. The molecule has 0 bridgehead atoms. The van der Waals surface area contributed by atoms with Crippen molar-refractivity contribution in [3.8, 4) is 5.75 Å². The van der Waals surface area contributed by atoms with Gasteiger partial charge in [0, 0.05) is 31.9 Å². The second kappa shape index (κ2) is 7.77. The predicted molar refractivity (Wildman–Crippen MR) is 106 cm³/mol. The molecule has 154 valence electrons. The maximum absolute atomic E-state index is 12.4. The van der Waals surface area contributed by atoms with E-state index in [1.807, 2.05) is 39.8 Å². The number of hydrogen-bond donors (Lipinski definition) is 2. The van der Waals surface area contributed by atoms with E-state index in [1.54, 1.807) is 4.90 Å². The molecular weight excluding hydrogens is 362 g/mol. The highest BCUT2D eigenvalue weighted by Gasteiger charge is 2.36. The molecule has 1 atom stereocenters. The zero-order chi connectivity index (χ0) is 20.5. The first-order valence-corrected chi connectivity index (χ1v) is 9.62. The number of benzene rings is 1. The zero-order valence-electron chi connectivity index (χ0n) is 16.9. The number of piperazine rings is 1. The molecule has 0 aliphatic carbocycles. The summed E-state index contributed by atoms with van der Waals surface area (Å²) >= 11 is 0. The maximum atomic E-state index is 12.4. The van der Waals surface area contributed by atoms with Crippen molar-refractivity contribution >= 4 is 23.4 Å². The van der Waals surface area contributed by atoms with Gasteiger partial charge < -0.3 is 29.7 Å². The highest BCUT2D eigenvalue weighted by Crippen LogP contribution is 2.40. The molecule has 0 aromatic heterocycles. The number of carboxylic acids is 1. The minimum absolute atomic E-state index is 0.0578. The van der Waals surface area contributed by atoms with Crippen molar-refractivity contribution in [2.24, 2.45) is 0 Å². The van der Waals surface area contributed by atoms with Crippen molar-refractivity contribution in [1.82, 2.24) is 4.90 Å². The van der Waals surface area contributed by atoms with E-state index >= 15 is 0 Å². The van der Waals surface area contributed by atoms with Gasteiger partial charge in [-0.15, -0.1) is 0 Å². The fourth-order valence-corrected chi connectivity index (χ4v) is 3.56. The van der Waals surface area contributed by atoms with E-state index in [2.05, 4.69) is 10.2 Å². The summed E-state index contributed by atoms with van der Waals surface area (Å²) in [6.45, 7) is 10.3. The van der Waals surface area contributed by atoms with Crippen LogP contribution < -0.4 is 15.0 Å². The first-order chi connectivity index (χ1) is 13.1. The number of hydrogen-bond acceptors (Lipinski definition) is 6. The van der Waals surface area contributed by atoms with Crippen LogP contribution in [0, 0.1) is 6.92 Å². The lowest BCUT2D eigenvalue weighted by Crippen LogP contribution is -2.59. The van der Waals surface area contributed by atoms with Gasteiger partial charge in [0.1, 0.15) is 18.0 Å². The fraction of sp³-hybridized carbons (Fsp3) is 0.600. The van der Waals surface area contributed by atoms with Crippen molar-refractivity contribution in [1.29, 1.82) is 0 Å². The minimum atomic E-state index is -0.830. The van der Waals surface area contributed by atoms with Crippen LogP contribution in [0.25, 0.3) is 0 Å². The number of amides is 1. The molecule has 1 saturated heterocycles. The Labute approximate surface area is 165 Å². The standard InChI is InChI=1S/C20H29N3O5/c1-13-9-14(21-6-5-17(24)25)10-16-18(13)27-12-15-11-22(7-8-23(15)16)19(26)28-20(2,3)4/h9-10,15,21H,5-8,11-12H2,1-4H3,(H,24,25)/t15-/m1/s1. The molecule has 0 spiro atoms. The van der Waals surface area contributed by atoms with Crippen LogP contribution in [-0.4, -0.2) is 66.5 Å². The van der Waals surface area contributed by atoms with Gasteiger partial charge in [-0.2, -0.15) is 0 Å². The van der Waals surface area contributed by atoms with E-state index in [1.165, 1.54) is 0 Å². The number of anilines is 2. The second-order valence-electron chi connectivity index (χ2n) is 8.30. The van der Waals surface area contributed by atoms with Gasteiger partial charge >= 0.3 is 12.1 Å². The summed E-state index contributed by atoms with van der Waals surface area (Å²) in [5.41, 5.74) is 2.34. The molecule has 0 radical (unpaired) electrons. The number of aryl methyl sites for hydroxylation is 1. The molecule has 1 amide bonds. The molecule has 2 aliphatic rings. The molecular formula is C20H29N3O5. The molecule has 2 aliphatic heterocycles. The highest BCUT2D eigenvalue weighted by molar-refractivity contribution is 5.73. The smallest absolute Gasteiger partial charge is 0.410 e. The van der Waals surface area contributed by atoms with Gasteiger partial charge in [-0.1, -0.05) is 0 Å². The summed E-state index contributed by atoms with van der Waals surface area (Å²) in [4.78, 5) is 27.2. The molecule has 2 heterocycles. The molecule has 3 rings (SSSR count). The minimum Gasteiger partial charge on any atom is -0.489 e. The number of ether oxygens (including phenoxy) is 2. The van der Waals surface area contributed by atoms with Crippen LogP contribution in [0.4, 0.5) is 16.2 Å². The maximum Gasteiger partial charge on any atom is 0.410 e. The number of fused-ring (bicyclic) bond motifs is 3. The Morgan fingerprint density at radius 1 is 1.32 bits per heavy atom. The molecule has 0 saturated carbocycles. The highest BCUT2D eigenvalue weighted by atomic mass is 16.6. The van der Waals surface area contributed by atoms with Crippen LogP contribution >= 0.6 is 0 Å². The zero-order valence-corrected chi connectivity index (χ0v) is 16.9. The average Bonchev–Trinajstić information content (AvgIpc) is 2.59. The van der Waals surface area contributed by atoms with Gasteiger partial charge in [-0.25, -0.2) is 4.79 Å². The van der Waals surface area contributed by atoms with E-state index in [4.69, 9.17) is 14.6 Å². The van der Waals surface area contributed by atoms with Gasteiger partial charge in [0.05, 0.1) is 18.2 Å². The SMILES string of the molecule is Cc1cc(NCCC(=O)O)cc2c1OC[C@H]1CN(C(=O)OC(C)(C)C)CCN21. The molecule has 1 aromatic carbocycles. The summed E-state index contributed by atoms with van der Waals surface area (Å²) in [7, 11) is 0. The lowest BCUT2D eigenvalue weighted by Gasteiger charge is -2.46. The topological polar surface area (TPSA) is 91.3 Å². The largest absolute Gasteiger partial charge is 0.489 e. The third kappa shape index (κ3) is 4.61. The summed E-state index contributed by atoms with van der Waals surface area (Å²) in [5, 5.41) is 12.0. The van der Waals surface area contributed by atoms with E-state index in [0.29, 0.717) is 32.8 Å². The van der Waals surface area contributed by atoms with Crippen molar-refractivity contribution in [2.75, 3.05) is 43.0 Å². The van der Waals surface area contributed by atoms with Crippen molar-refractivity contribution in [2.45, 2.75) is 45.8 Å². The summed E-state index contributed by atoms with van der Waals surface area (Å²) in [6, 6.07) is 4.03. The van der Waals surface area contributed by atoms with Crippen LogP contribution in [0.2, 0.25) is 0 Å². The Balaban J connectivity index is 1.72. The predicted octanol–water partition coefficient (Wildman–Crippen LogP) is 2.70.